The lowest BCUT2D eigenvalue weighted by Crippen LogP contribution is -2.26. The van der Waals surface area contributed by atoms with Crippen molar-refractivity contribution in [3.05, 3.63) is 55.1 Å². The fourth-order valence-electron chi connectivity index (χ4n) is 2.34. The first-order chi connectivity index (χ1) is 9.95. The van der Waals surface area contributed by atoms with Gasteiger partial charge in [0.1, 0.15) is 0 Å². The molecule has 112 valence electrons. The Labute approximate surface area is 128 Å². The predicted molar refractivity (Wildman–Crippen MR) is 84.3 cm³/mol. The summed E-state index contributed by atoms with van der Waals surface area (Å²) in [5.74, 6) is -0.371. The SMILES string of the molecule is CCOC(=O)c1c(C)cc(=O)n(Cc2sccc2C)c1C. The molecule has 0 N–H and O–H groups in total. The van der Waals surface area contributed by atoms with Gasteiger partial charge in [0.15, 0.2) is 0 Å². The van der Waals surface area contributed by atoms with Gasteiger partial charge in [-0.2, -0.15) is 0 Å². The molecule has 0 unspecified atom stereocenters. The van der Waals surface area contributed by atoms with Crippen molar-refractivity contribution < 1.29 is 9.53 Å². The number of ether oxygens (including phenoxy) is 1. The van der Waals surface area contributed by atoms with Gasteiger partial charge in [-0.05, 0) is 50.3 Å². The van der Waals surface area contributed by atoms with Crippen LogP contribution in [-0.4, -0.2) is 17.1 Å². The van der Waals surface area contributed by atoms with E-state index in [1.54, 1.807) is 36.7 Å². The third kappa shape index (κ3) is 3.08. The summed E-state index contributed by atoms with van der Waals surface area (Å²) < 4.78 is 6.73. The van der Waals surface area contributed by atoms with Gasteiger partial charge in [-0.1, -0.05) is 0 Å². The van der Waals surface area contributed by atoms with Crippen LogP contribution in [0.3, 0.4) is 0 Å². The summed E-state index contributed by atoms with van der Waals surface area (Å²) in [5, 5.41) is 2.01. The van der Waals surface area contributed by atoms with Gasteiger partial charge >= 0.3 is 5.97 Å². The minimum absolute atomic E-state index is 0.0918. The monoisotopic (exact) mass is 305 g/mol. The van der Waals surface area contributed by atoms with Crippen molar-refractivity contribution in [3.8, 4) is 0 Å². The molecule has 0 aliphatic heterocycles. The number of aryl methyl sites for hydroxylation is 2. The lowest BCUT2D eigenvalue weighted by atomic mass is 10.1. The molecule has 0 aliphatic rings. The molecule has 0 aromatic carbocycles. The zero-order valence-electron chi connectivity index (χ0n) is 12.7. The smallest absolute Gasteiger partial charge is 0.340 e. The number of hydrogen-bond acceptors (Lipinski definition) is 4. The van der Waals surface area contributed by atoms with Crippen molar-refractivity contribution in [3.63, 3.8) is 0 Å². The number of pyridine rings is 1. The van der Waals surface area contributed by atoms with Crippen molar-refractivity contribution in [1.82, 2.24) is 4.57 Å². The van der Waals surface area contributed by atoms with Gasteiger partial charge in [0.05, 0.1) is 18.7 Å². The van der Waals surface area contributed by atoms with E-state index in [1.807, 2.05) is 18.4 Å². The second kappa shape index (κ2) is 6.26. The molecule has 2 aromatic rings. The van der Waals surface area contributed by atoms with Crippen LogP contribution in [0.1, 0.15) is 39.0 Å². The Morgan fingerprint density at radius 1 is 1.29 bits per heavy atom. The molecule has 0 bridgehead atoms. The van der Waals surface area contributed by atoms with Crippen molar-refractivity contribution in [2.45, 2.75) is 34.2 Å². The standard InChI is InChI=1S/C16H19NO3S/c1-5-20-16(19)15-11(3)8-14(18)17(12(15)4)9-13-10(2)6-7-21-13/h6-8H,5,9H2,1-4H3. The van der Waals surface area contributed by atoms with Crippen LogP contribution in [0.15, 0.2) is 22.3 Å². The normalized spacial score (nSPS) is 10.7. The van der Waals surface area contributed by atoms with Crippen LogP contribution in [0.4, 0.5) is 0 Å². The van der Waals surface area contributed by atoms with Crippen LogP contribution in [-0.2, 0) is 11.3 Å². The molecule has 21 heavy (non-hydrogen) atoms. The fourth-order valence-corrected chi connectivity index (χ4v) is 3.23. The third-order valence-corrected chi connectivity index (χ3v) is 4.52. The maximum atomic E-state index is 12.2. The van der Waals surface area contributed by atoms with E-state index < -0.39 is 0 Å². The number of nitrogens with zero attached hydrogens (tertiary/aromatic N) is 1. The van der Waals surface area contributed by atoms with Crippen LogP contribution in [0.2, 0.25) is 0 Å². The lowest BCUT2D eigenvalue weighted by Gasteiger charge is -2.15. The minimum Gasteiger partial charge on any atom is -0.462 e. The second-order valence-electron chi connectivity index (χ2n) is 4.96. The highest BCUT2D eigenvalue weighted by molar-refractivity contribution is 7.10. The molecule has 2 heterocycles. The lowest BCUT2D eigenvalue weighted by molar-refractivity contribution is 0.0523. The number of hydrogen-bond donors (Lipinski definition) is 0. The summed E-state index contributed by atoms with van der Waals surface area (Å²) in [6.07, 6.45) is 0. The van der Waals surface area contributed by atoms with Crippen molar-refractivity contribution in [1.29, 1.82) is 0 Å². The van der Waals surface area contributed by atoms with E-state index in [0.717, 1.165) is 10.4 Å². The van der Waals surface area contributed by atoms with E-state index >= 15 is 0 Å². The van der Waals surface area contributed by atoms with E-state index in [1.165, 1.54) is 6.07 Å². The molecule has 0 atom stereocenters. The van der Waals surface area contributed by atoms with Crippen molar-refractivity contribution >= 4 is 17.3 Å². The molecule has 4 nitrogen and oxygen atoms in total. The summed E-state index contributed by atoms with van der Waals surface area (Å²) >= 11 is 1.61. The Kier molecular flexibility index (Phi) is 4.63. The maximum Gasteiger partial charge on any atom is 0.340 e. The molecule has 0 amide bonds. The molecule has 0 aliphatic carbocycles. The molecule has 0 saturated heterocycles. The molecule has 0 radical (unpaired) electrons. The van der Waals surface area contributed by atoms with Crippen LogP contribution >= 0.6 is 11.3 Å². The number of rotatable bonds is 4. The highest BCUT2D eigenvalue weighted by atomic mass is 32.1. The number of thiophene rings is 1. The van der Waals surface area contributed by atoms with E-state index in [2.05, 4.69) is 0 Å². The summed E-state index contributed by atoms with van der Waals surface area (Å²) in [6.45, 7) is 8.16. The molecular formula is C16H19NO3S. The zero-order valence-corrected chi connectivity index (χ0v) is 13.5. The van der Waals surface area contributed by atoms with Gasteiger partial charge in [0.2, 0.25) is 0 Å². The fraction of sp³-hybridized carbons (Fsp3) is 0.375. The average molecular weight is 305 g/mol. The Bertz CT molecular complexity index is 728. The van der Waals surface area contributed by atoms with E-state index in [0.29, 0.717) is 30.0 Å². The Hall–Kier alpha value is -1.88. The molecule has 0 saturated carbocycles. The molecule has 2 rings (SSSR count). The number of aromatic nitrogens is 1. The molecule has 2 aromatic heterocycles. The summed E-state index contributed by atoms with van der Waals surface area (Å²) in [4.78, 5) is 25.5. The molecular weight excluding hydrogens is 286 g/mol. The number of carbonyl (C=O) groups is 1. The van der Waals surface area contributed by atoms with Crippen molar-refractivity contribution in [2.75, 3.05) is 6.61 Å². The maximum absolute atomic E-state index is 12.2. The van der Waals surface area contributed by atoms with Crippen molar-refractivity contribution in [2.24, 2.45) is 0 Å². The molecule has 0 spiro atoms. The molecule has 5 heteroatoms. The van der Waals surface area contributed by atoms with Crippen LogP contribution in [0.25, 0.3) is 0 Å². The first-order valence-corrected chi connectivity index (χ1v) is 7.74. The minimum atomic E-state index is -0.371. The third-order valence-electron chi connectivity index (χ3n) is 3.52. The van der Waals surface area contributed by atoms with Crippen LogP contribution < -0.4 is 5.56 Å². The van der Waals surface area contributed by atoms with Gasteiger partial charge in [-0.3, -0.25) is 4.79 Å². The Balaban J connectivity index is 2.51. The first-order valence-electron chi connectivity index (χ1n) is 6.86. The highest BCUT2D eigenvalue weighted by Crippen LogP contribution is 2.19. The first kappa shape index (κ1) is 15.5. The largest absolute Gasteiger partial charge is 0.462 e. The Morgan fingerprint density at radius 3 is 2.57 bits per heavy atom. The van der Waals surface area contributed by atoms with E-state index in [4.69, 9.17) is 4.74 Å². The second-order valence-corrected chi connectivity index (χ2v) is 5.96. The van der Waals surface area contributed by atoms with Gasteiger partial charge in [-0.15, -0.1) is 11.3 Å². The van der Waals surface area contributed by atoms with Gasteiger partial charge in [-0.25, -0.2) is 4.79 Å². The quantitative estimate of drug-likeness (QED) is 0.816. The zero-order chi connectivity index (χ0) is 15.6. The summed E-state index contributed by atoms with van der Waals surface area (Å²) in [5.41, 5.74) is 2.88. The average Bonchev–Trinajstić information content (AvgIpc) is 2.80. The topological polar surface area (TPSA) is 48.3 Å². The van der Waals surface area contributed by atoms with Gasteiger partial charge < -0.3 is 9.30 Å². The number of carbonyl (C=O) groups excluding carboxylic acids is 1. The highest BCUT2D eigenvalue weighted by Gasteiger charge is 2.18. The summed E-state index contributed by atoms with van der Waals surface area (Å²) in [7, 11) is 0. The van der Waals surface area contributed by atoms with E-state index in [9.17, 15) is 9.59 Å². The van der Waals surface area contributed by atoms with Gasteiger partial charge in [0, 0.05) is 16.6 Å². The van der Waals surface area contributed by atoms with E-state index in [-0.39, 0.29) is 11.5 Å². The number of esters is 1. The van der Waals surface area contributed by atoms with Crippen LogP contribution in [0.5, 0.6) is 0 Å². The van der Waals surface area contributed by atoms with Gasteiger partial charge in [0.25, 0.3) is 5.56 Å². The Morgan fingerprint density at radius 2 is 2.00 bits per heavy atom. The molecule has 0 fully saturated rings. The summed E-state index contributed by atoms with van der Waals surface area (Å²) in [6, 6.07) is 3.53. The predicted octanol–water partition coefficient (Wildman–Crippen LogP) is 3.06. The van der Waals surface area contributed by atoms with Crippen LogP contribution in [0, 0.1) is 20.8 Å².